The molecule has 0 spiro atoms. The Bertz CT molecular complexity index is 408. The first-order valence-electron chi connectivity index (χ1n) is 5.81. The van der Waals surface area contributed by atoms with Crippen molar-refractivity contribution in [3.8, 4) is 0 Å². The number of rotatable bonds is 4. The van der Waals surface area contributed by atoms with Crippen molar-refractivity contribution in [2.24, 2.45) is 0 Å². The zero-order valence-corrected chi connectivity index (χ0v) is 9.50. The molecule has 0 heterocycles. The van der Waals surface area contributed by atoms with Gasteiger partial charge in [-0.15, -0.1) is 0 Å². The van der Waals surface area contributed by atoms with Gasteiger partial charge in [0, 0.05) is 24.7 Å². The Labute approximate surface area is 99.6 Å². The van der Waals surface area contributed by atoms with Crippen molar-refractivity contribution < 1.29 is 10.0 Å². The predicted molar refractivity (Wildman–Crippen MR) is 63.6 cm³/mol. The number of nitrogens with zero attached hydrogens (tertiary/aromatic N) is 1. The zero-order valence-electron chi connectivity index (χ0n) is 9.50. The third-order valence-corrected chi connectivity index (χ3v) is 3.17. The van der Waals surface area contributed by atoms with Gasteiger partial charge in [0.2, 0.25) is 0 Å². The Morgan fingerprint density at radius 2 is 2.29 bits per heavy atom. The summed E-state index contributed by atoms with van der Waals surface area (Å²) in [5.41, 5.74) is 0.981. The van der Waals surface area contributed by atoms with Crippen molar-refractivity contribution in [1.29, 1.82) is 0 Å². The van der Waals surface area contributed by atoms with E-state index >= 15 is 0 Å². The van der Waals surface area contributed by atoms with Crippen molar-refractivity contribution in [3.05, 3.63) is 39.9 Å². The van der Waals surface area contributed by atoms with Crippen LogP contribution in [-0.4, -0.2) is 22.2 Å². The van der Waals surface area contributed by atoms with Crippen LogP contribution in [0.4, 0.5) is 5.69 Å². The van der Waals surface area contributed by atoms with Gasteiger partial charge in [-0.2, -0.15) is 0 Å². The molecule has 1 aliphatic rings. The number of aliphatic hydroxyl groups is 1. The summed E-state index contributed by atoms with van der Waals surface area (Å²) in [5, 5.41) is 23.5. The highest BCUT2D eigenvalue weighted by atomic mass is 16.6. The Hall–Kier alpha value is -1.46. The van der Waals surface area contributed by atoms with Gasteiger partial charge in [0.25, 0.3) is 5.69 Å². The fourth-order valence-corrected chi connectivity index (χ4v) is 2.21. The molecule has 1 saturated carbocycles. The average Bonchev–Trinajstić information content (AvgIpc) is 2.72. The maximum absolute atomic E-state index is 10.6. The molecule has 0 bridgehead atoms. The molecule has 5 nitrogen and oxygen atoms in total. The first-order chi connectivity index (χ1) is 8.16. The fraction of sp³-hybridized carbons (Fsp3) is 0.500. The summed E-state index contributed by atoms with van der Waals surface area (Å²) in [6.07, 6.45) is 2.56. The second-order valence-electron chi connectivity index (χ2n) is 4.41. The van der Waals surface area contributed by atoms with Crippen molar-refractivity contribution in [3.63, 3.8) is 0 Å². The van der Waals surface area contributed by atoms with Crippen LogP contribution >= 0.6 is 0 Å². The first-order valence-corrected chi connectivity index (χ1v) is 5.81. The number of nitro benzene ring substituents is 1. The van der Waals surface area contributed by atoms with E-state index in [-0.39, 0.29) is 17.8 Å². The van der Waals surface area contributed by atoms with E-state index in [1.54, 1.807) is 12.1 Å². The molecule has 1 fully saturated rings. The molecular formula is C12H16N2O3. The normalized spacial score (nSPS) is 23.8. The topological polar surface area (TPSA) is 75.4 Å². The molecule has 0 aliphatic heterocycles. The summed E-state index contributed by atoms with van der Waals surface area (Å²) >= 11 is 0. The van der Waals surface area contributed by atoms with Crippen LogP contribution in [0.15, 0.2) is 24.3 Å². The van der Waals surface area contributed by atoms with E-state index in [1.807, 2.05) is 6.07 Å². The van der Waals surface area contributed by atoms with Gasteiger partial charge in [0.1, 0.15) is 0 Å². The van der Waals surface area contributed by atoms with E-state index in [1.165, 1.54) is 6.07 Å². The van der Waals surface area contributed by atoms with Gasteiger partial charge in [0.15, 0.2) is 0 Å². The number of nitro groups is 1. The van der Waals surface area contributed by atoms with Crippen molar-refractivity contribution in [2.75, 3.05) is 0 Å². The lowest BCUT2D eigenvalue weighted by molar-refractivity contribution is -0.384. The second-order valence-corrected chi connectivity index (χ2v) is 4.41. The smallest absolute Gasteiger partial charge is 0.269 e. The Morgan fingerprint density at radius 1 is 1.47 bits per heavy atom. The number of non-ortho nitro benzene ring substituents is 1. The van der Waals surface area contributed by atoms with Gasteiger partial charge >= 0.3 is 0 Å². The molecule has 92 valence electrons. The third kappa shape index (κ3) is 3.01. The SMILES string of the molecule is O=[N+]([O-])c1cccc(CN[C@H]2CCC[C@@H]2O)c1. The Morgan fingerprint density at radius 3 is 2.94 bits per heavy atom. The van der Waals surface area contributed by atoms with E-state index in [2.05, 4.69) is 5.32 Å². The number of hydrogen-bond acceptors (Lipinski definition) is 4. The summed E-state index contributed by atoms with van der Waals surface area (Å²) in [7, 11) is 0. The molecule has 0 unspecified atom stereocenters. The summed E-state index contributed by atoms with van der Waals surface area (Å²) in [6, 6.07) is 6.69. The number of nitrogens with one attached hydrogen (secondary N) is 1. The number of hydrogen-bond donors (Lipinski definition) is 2. The highest BCUT2D eigenvalue weighted by Gasteiger charge is 2.24. The minimum Gasteiger partial charge on any atom is -0.392 e. The van der Waals surface area contributed by atoms with Gasteiger partial charge in [0.05, 0.1) is 11.0 Å². The maximum Gasteiger partial charge on any atom is 0.269 e. The van der Waals surface area contributed by atoms with Crippen LogP contribution in [0, 0.1) is 10.1 Å². The van der Waals surface area contributed by atoms with Crippen LogP contribution in [0.5, 0.6) is 0 Å². The number of aliphatic hydroxyl groups excluding tert-OH is 1. The van der Waals surface area contributed by atoms with Gasteiger partial charge in [-0.25, -0.2) is 0 Å². The van der Waals surface area contributed by atoms with Crippen LogP contribution in [0.25, 0.3) is 0 Å². The minimum absolute atomic E-state index is 0.108. The van der Waals surface area contributed by atoms with E-state index in [9.17, 15) is 15.2 Å². The summed E-state index contributed by atoms with van der Waals surface area (Å²) in [4.78, 5) is 10.2. The molecule has 2 rings (SSSR count). The Balaban J connectivity index is 1.94. The van der Waals surface area contributed by atoms with Crippen LogP contribution in [0.1, 0.15) is 24.8 Å². The maximum atomic E-state index is 10.6. The molecule has 0 amide bonds. The molecule has 2 N–H and O–H groups in total. The van der Waals surface area contributed by atoms with E-state index in [4.69, 9.17) is 0 Å². The van der Waals surface area contributed by atoms with Crippen LogP contribution < -0.4 is 5.32 Å². The van der Waals surface area contributed by atoms with Gasteiger partial charge < -0.3 is 10.4 Å². The van der Waals surface area contributed by atoms with Crippen molar-refractivity contribution in [2.45, 2.75) is 38.0 Å². The van der Waals surface area contributed by atoms with E-state index in [0.717, 1.165) is 24.8 Å². The summed E-state index contributed by atoms with van der Waals surface area (Å²) in [6.45, 7) is 0.559. The van der Waals surface area contributed by atoms with Crippen molar-refractivity contribution >= 4 is 5.69 Å². The monoisotopic (exact) mass is 236 g/mol. The molecule has 1 aromatic rings. The van der Waals surface area contributed by atoms with Gasteiger partial charge in [-0.05, 0) is 24.8 Å². The van der Waals surface area contributed by atoms with E-state index < -0.39 is 4.92 Å². The molecule has 0 radical (unpaired) electrons. The van der Waals surface area contributed by atoms with Crippen molar-refractivity contribution in [1.82, 2.24) is 5.32 Å². The lowest BCUT2D eigenvalue weighted by atomic mass is 10.1. The minimum atomic E-state index is -0.395. The average molecular weight is 236 g/mol. The molecule has 2 atom stereocenters. The van der Waals surface area contributed by atoms with Gasteiger partial charge in [-0.1, -0.05) is 12.1 Å². The standard InChI is InChI=1S/C12H16N2O3/c15-12-6-2-5-11(12)13-8-9-3-1-4-10(7-9)14(16)17/h1,3-4,7,11-13,15H,2,5-6,8H2/t11-,12-/m0/s1. The highest BCUT2D eigenvalue weighted by Crippen LogP contribution is 2.19. The van der Waals surface area contributed by atoms with Crippen LogP contribution in [0.2, 0.25) is 0 Å². The van der Waals surface area contributed by atoms with Gasteiger partial charge in [-0.3, -0.25) is 10.1 Å². The second kappa shape index (κ2) is 5.25. The first kappa shape index (κ1) is 12.0. The van der Waals surface area contributed by atoms with Crippen LogP contribution in [0.3, 0.4) is 0 Å². The molecule has 1 aliphatic carbocycles. The van der Waals surface area contributed by atoms with E-state index in [0.29, 0.717) is 6.54 Å². The molecule has 17 heavy (non-hydrogen) atoms. The largest absolute Gasteiger partial charge is 0.392 e. The lowest BCUT2D eigenvalue weighted by Gasteiger charge is -2.16. The zero-order chi connectivity index (χ0) is 12.3. The summed E-state index contributed by atoms with van der Waals surface area (Å²) in [5.74, 6) is 0. The highest BCUT2D eigenvalue weighted by molar-refractivity contribution is 5.34. The molecule has 0 saturated heterocycles. The molecular weight excluding hydrogens is 220 g/mol. The predicted octanol–water partition coefficient (Wildman–Crippen LogP) is 1.60. The Kier molecular flexibility index (Phi) is 3.71. The molecule has 1 aromatic carbocycles. The lowest BCUT2D eigenvalue weighted by Crippen LogP contribution is -2.35. The number of benzene rings is 1. The summed E-state index contributed by atoms with van der Waals surface area (Å²) < 4.78 is 0. The quantitative estimate of drug-likeness (QED) is 0.615. The molecule has 5 heteroatoms. The molecule has 0 aromatic heterocycles. The van der Waals surface area contributed by atoms with Crippen LogP contribution in [-0.2, 0) is 6.54 Å². The third-order valence-electron chi connectivity index (χ3n) is 3.17. The fourth-order valence-electron chi connectivity index (χ4n) is 2.21.